The second-order valence-electron chi connectivity index (χ2n) is 4.29. The molecule has 0 N–H and O–H groups in total. The molecule has 18 heavy (non-hydrogen) atoms. The van der Waals surface area contributed by atoms with Crippen molar-refractivity contribution in [2.45, 2.75) is 44.4 Å². The third-order valence-corrected chi connectivity index (χ3v) is 3.48. The average Bonchev–Trinajstić information content (AvgIpc) is 2.99. The van der Waals surface area contributed by atoms with Gasteiger partial charge in [-0.2, -0.15) is 13.2 Å². The number of alkyl halides is 3. The third-order valence-electron chi connectivity index (χ3n) is 2.72. The number of aromatic nitrogens is 1. The number of hydrogen-bond donors (Lipinski definition) is 0. The van der Waals surface area contributed by atoms with Crippen molar-refractivity contribution in [3.05, 3.63) is 16.6 Å². The zero-order valence-corrected chi connectivity index (χ0v) is 10.4. The van der Waals surface area contributed by atoms with Crippen LogP contribution >= 0.6 is 11.3 Å². The minimum absolute atomic E-state index is 0.106. The molecule has 1 fully saturated rings. The molecular formula is C11H13F3N2OS. The van der Waals surface area contributed by atoms with E-state index in [0.717, 1.165) is 17.8 Å². The van der Waals surface area contributed by atoms with Crippen molar-refractivity contribution < 1.29 is 18.0 Å². The molecule has 0 radical (unpaired) electrons. The van der Waals surface area contributed by atoms with Crippen LogP contribution in [0.2, 0.25) is 0 Å². The quantitative estimate of drug-likeness (QED) is 0.829. The minimum atomic E-state index is -4.27. The van der Waals surface area contributed by atoms with E-state index in [1.807, 2.05) is 0 Å². The van der Waals surface area contributed by atoms with Gasteiger partial charge in [0.15, 0.2) is 0 Å². The standard InChI is InChI=1S/C11H13F3N2OS/c12-11(13,14)4-3-10(17)16(8-1-2-8)7-9-15-5-6-18-9/h5-6,8H,1-4,7H2. The maximum atomic E-state index is 12.1. The van der Waals surface area contributed by atoms with Crippen LogP contribution in [0.3, 0.4) is 0 Å². The number of nitrogens with zero attached hydrogens (tertiary/aromatic N) is 2. The highest BCUT2D eigenvalue weighted by atomic mass is 32.1. The van der Waals surface area contributed by atoms with Crippen LogP contribution in [0.5, 0.6) is 0 Å². The van der Waals surface area contributed by atoms with Crippen molar-refractivity contribution in [3.8, 4) is 0 Å². The number of carbonyl (C=O) groups is 1. The van der Waals surface area contributed by atoms with Crippen molar-refractivity contribution in [1.29, 1.82) is 0 Å². The molecule has 1 aromatic rings. The van der Waals surface area contributed by atoms with Gasteiger partial charge in [-0.15, -0.1) is 11.3 Å². The van der Waals surface area contributed by atoms with E-state index in [0.29, 0.717) is 6.54 Å². The second kappa shape index (κ2) is 5.26. The Kier molecular flexibility index (Phi) is 3.89. The molecule has 0 saturated heterocycles. The summed E-state index contributed by atoms with van der Waals surface area (Å²) in [4.78, 5) is 17.4. The first-order chi connectivity index (χ1) is 8.46. The highest BCUT2D eigenvalue weighted by molar-refractivity contribution is 7.09. The Morgan fingerprint density at radius 2 is 2.22 bits per heavy atom. The van der Waals surface area contributed by atoms with E-state index in [1.165, 1.54) is 16.2 Å². The fraction of sp³-hybridized carbons (Fsp3) is 0.636. The number of carbonyl (C=O) groups excluding carboxylic acids is 1. The molecule has 1 amide bonds. The van der Waals surface area contributed by atoms with Crippen LogP contribution in [0.25, 0.3) is 0 Å². The maximum Gasteiger partial charge on any atom is 0.389 e. The topological polar surface area (TPSA) is 33.2 Å². The maximum absolute atomic E-state index is 12.1. The summed E-state index contributed by atoms with van der Waals surface area (Å²) in [5.74, 6) is -0.426. The third kappa shape index (κ3) is 3.97. The number of hydrogen-bond acceptors (Lipinski definition) is 3. The van der Waals surface area contributed by atoms with Crippen LogP contribution in [0.1, 0.15) is 30.7 Å². The fourth-order valence-electron chi connectivity index (χ4n) is 1.68. The first kappa shape index (κ1) is 13.3. The molecule has 1 aliphatic rings. The largest absolute Gasteiger partial charge is 0.389 e. The normalized spacial score (nSPS) is 15.7. The van der Waals surface area contributed by atoms with Gasteiger partial charge in [0.05, 0.1) is 13.0 Å². The molecule has 0 atom stereocenters. The summed E-state index contributed by atoms with van der Waals surface area (Å²) >= 11 is 1.41. The summed E-state index contributed by atoms with van der Waals surface area (Å²) in [6.45, 7) is 0.332. The summed E-state index contributed by atoms with van der Waals surface area (Å²) < 4.78 is 36.3. The van der Waals surface area contributed by atoms with Crippen LogP contribution in [0.4, 0.5) is 13.2 Å². The lowest BCUT2D eigenvalue weighted by molar-refractivity contribution is -0.149. The molecule has 0 bridgehead atoms. The van der Waals surface area contributed by atoms with E-state index >= 15 is 0 Å². The number of halogens is 3. The average molecular weight is 278 g/mol. The Morgan fingerprint density at radius 1 is 1.50 bits per heavy atom. The van der Waals surface area contributed by atoms with E-state index in [-0.39, 0.29) is 6.04 Å². The van der Waals surface area contributed by atoms with E-state index in [2.05, 4.69) is 4.98 Å². The van der Waals surface area contributed by atoms with E-state index < -0.39 is 24.9 Å². The van der Waals surface area contributed by atoms with E-state index in [1.54, 1.807) is 11.6 Å². The van der Waals surface area contributed by atoms with Gasteiger partial charge < -0.3 is 4.90 Å². The molecule has 2 rings (SSSR count). The van der Waals surface area contributed by atoms with Crippen molar-refractivity contribution in [2.75, 3.05) is 0 Å². The number of thiazole rings is 1. The molecule has 0 aromatic carbocycles. The van der Waals surface area contributed by atoms with Gasteiger partial charge in [0, 0.05) is 24.0 Å². The Balaban J connectivity index is 1.91. The molecule has 0 aliphatic heterocycles. The van der Waals surface area contributed by atoms with Crippen LogP contribution in [-0.4, -0.2) is 28.0 Å². The van der Waals surface area contributed by atoms with Crippen LogP contribution < -0.4 is 0 Å². The molecule has 1 aliphatic carbocycles. The number of rotatable bonds is 5. The highest BCUT2D eigenvalue weighted by Crippen LogP contribution is 2.30. The first-order valence-electron chi connectivity index (χ1n) is 5.70. The molecule has 0 spiro atoms. The lowest BCUT2D eigenvalue weighted by Gasteiger charge is -2.21. The van der Waals surface area contributed by atoms with E-state index in [9.17, 15) is 18.0 Å². The molecule has 1 aromatic heterocycles. The second-order valence-corrected chi connectivity index (χ2v) is 5.27. The molecule has 100 valence electrons. The molecule has 0 unspecified atom stereocenters. The molecule has 1 saturated carbocycles. The van der Waals surface area contributed by atoms with Gasteiger partial charge in [0.2, 0.25) is 5.91 Å². The zero-order chi connectivity index (χ0) is 13.2. The van der Waals surface area contributed by atoms with Crippen molar-refractivity contribution >= 4 is 17.2 Å². The van der Waals surface area contributed by atoms with Crippen LogP contribution in [0, 0.1) is 0 Å². The van der Waals surface area contributed by atoms with Gasteiger partial charge in [0.25, 0.3) is 0 Å². The Morgan fingerprint density at radius 3 is 2.72 bits per heavy atom. The highest BCUT2D eigenvalue weighted by Gasteiger charge is 2.35. The van der Waals surface area contributed by atoms with Crippen LogP contribution in [0.15, 0.2) is 11.6 Å². The zero-order valence-electron chi connectivity index (χ0n) is 9.61. The monoisotopic (exact) mass is 278 g/mol. The van der Waals surface area contributed by atoms with Gasteiger partial charge in [0.1, 0.15) is 5.01 Å². The fourth-order valence-corrected chi connectivity index (χ4v) is 2.29. The Hall–Kier alpha value is -1.11. The first-order valence-corrected chi connectivity index (χ1v) is 6.58. The lowest BCUT2D eigenvalue weighted by atomic mass is 10.2. The summed E-state index contributed by atoms with van der Waals surface area (Å²) in [5.41, 5.74) is 0. The van der Waals surface area contributed by atoms with Crippen molar-refractivity contribution in [2.24, 2.45) is 0 Å². The predicted molar refractivity (Wildman–Crippen MR) is 61.0 cm³/mol. The Bertz CT molecular complexity index is 401. The smallest absolute Gasteiger partial charge is 0.333 e. The van der Waals surface area contributed by atoms with Crippen molar-refractivity contribution in [3.63, 3.8) is 0 Å². The summed E-state index contributed by atoms with van der Waals surface area (Å²) in [6, 6.07) is 0.106. The number of amides is 1. The van der Waals surface area contributed by atoms with Crippen molar-refractivity contribution in [1.82, 2.24) is 9.88 Å². The minimum Gasteiger partial charge on any atom is -0.333 e. The molecule has 3 nitrogen and oxygen atoms in total. The van der Waals surface area contributed by atoms with Gasteiger partial charge in [-0.25, -0.2) is 4.98 Å². The molecule has 7 heteroatoms. The molecule has 1 heterocycles. The SMILES string of the molecule is O=C(CCC(F)(F)F)N(Cc1nccs1)C1CC1. The molecular weight excluding hydrogens is 265 g/mol. The van der Waals surface area contributed by atoms with Gasteiger partial charge in [-0.3, -0.25) is 4.79 Å². The lowest BCUT2D eigenvalue weighted by Crippen LogP contribution is -2.33. The summed E-state index contributed by atoms with van der Waals surface area (Å²) in [6.07, 6.45) is -2.40. The van der Waals surface area contributed by atoms with Gasteiger partial charge >= 0.3 is 6.18 Å². The summed E-state index contributed by atoms with van der Waals surface area (Å²) in [5, 5.41) is 2.56. The Labute approximate surface area is 107 Å². The predicted octanol–water partition coefficient (Wildman–Crippen LogP) is 2.98. The van der Waals surface area contributed by atoms with Gasteiger partial charge in [-0.05, 0) is 12.8 Å². The van der Waals surface area contributed by atoms with Crippen LogP contribution in [-0.2, 0) is 11.3 Å². The van der Waals surface area contributed by atoms with E-state index in [4.69, 9.17) is 0 Å². The summed E-state index contributed by atoms with van der Waals surface area (Å²) in [7, 11) is 0. The van der Waals surface area contributed by atoms with Gasteiger partial charge in [-0.1, -0.05) is 0 Å².